The second-order valence-corrected chi connectivity index (χ2v) is 10.4. The van der Waals surface area contributed by atoms with Gasteiger partial charge in [-0.3, -0.25) is 24.0 Å². The molecular formula is C32H38O15. The van der Waals surface area contributed by atoms with Gasteiger partial charge in [-0.2, -0.15) is 0 Å². The van der Waals surface area contributed by atoms with E-state index in [-0.39, 0.29) is 24.2 Å². The van der Waals surface area contributed by atoms with E-state index in [1.807, 2.05) is 6.07 Å². The van der Waals surface area contributed by atoms with Crippen molar-refractivity contribution in [2.24, 2.45) is 5.92 Å². The minimum atomic E-state index is -1.59. The van der Waals surface area contributed by atoms with E-state index in [4.69, 9.17) is 42.6 Å². The summed E-state index contributed by atoms with van der Waals surface area (Å²) in [5, 5.41) is 0. The van der Waals surface area contributed by atoms with Crippen molar-refractivity contribution < 1.29 is 71.4 Å². The van der Waals surface area contributed by atoms with Crippen molar-refractivity contribution >= 4 is 35.8 Å². The van der Waals surface area contributed by atoms with Crippen LogP contribution in [0.4, 0.5) is 0 Å². The van der Waals surface area contributed by atoms with Gasteiger partial charge in [-0.05, 0) is 12.5 Å². The van der Waals surface area contributed by atoms with E-state index in [2.05, 4.69) is 0 Å². The molecule has 7 atom stereocenters. The Kier molecular flexibility index (Phi) is 13.5. The molecular weight excluding hydrogens is 624 g/mol. The van der Waals surface area contributed by atoms with E-state index in [0.29, 0.717) is 0 Å². The third-order valence-electron chi connectivity index (χ3n) is 6.94. The fraction of sp³-hybridized carbons (Fsp3) is 0.500. The van der Waals surface area contributed by atoms with Crippen LogP contribution in [0.25, 0.3) is 0 Å². The highest BCUT2D eigenvalue weighted by molar-refractivity contribution is 5.90. The van der Waals surface area contributed by atoms with Crippen molar-refractivity contribution in [3.8, 4) is 0 Å². The fourth-order valence-corrected chi connectivity index (χ4v) is 5.01. The van der Waals surface area contributed by atoms with Crippen LogP contribution < -0.4 is 0 Å². The molecule has 0 N–H and O–H groups in total. The van der Waals surface area contributed by atoms with Crippen molar-refractivity contribution in [2.75, 3.05) is 13.7 Å². The first-order chi connectivity index (χ1) is 22.3. The van der Waals surface area contributed by atoms with E-state index in [0.717, 1.165) is 39.5 Å². The number of ether oxygens (including phenoxy) is 9. The summed E-state index contributed by atoms with van der Waals surface area (Å²) in [4.78, 5) is 73.7. The molecule has 0 aliphatic carbocycles. The summed E-state index contributed by atoms with van der Waals surface area (Å²) in [7, 11) is 1.17. The number of hydrogen-bond acceptors (Lipinski definition) is 15. The molecule has 2 aliphatic rings. The van der Waals surface area contributed by atoms with Gasteiger partial charge in [-0.15, -0.1) is 0 Å². The van der Waals surface area contributed by atoms with Crippen LogP contribution in [0.5, 0.6) is 0 Å². The molecule has 1 fully saturated rings. The molecule has 0 bridgehead atoms. The van der Waals surface area contributed by atoms with Crippen LogP contribution in [-0.2, 0) is 78.0 Å². The van der Waals surface area contributed by atoms with Gasteiger partial charge >= 0.3 is 35.8 Å². The molecule has 2 aliphatic heterocycles. The summed E-state index contributed by atoms with van der Waals surface area (Å²) in [6.45, 7) is 5.56. The van der Waals surface area contributed by atoms with Crippen LogP contribution in [0.3, 0.4) is 0 Å². The van der Waals surface area contributed by atoms with Gasteiger partial charge in [-0.1, -0.05) is 36.4 Å². The average molecular weight is 663 g/mol. The Hall–Kier alpha value is -4.76. The molecule has 15 nitrogen and oxygen atoms in total. The van der Waals surface area contributed by atoms with Gasteiger partial charge in [0.25, 0.3) is 0 Å². The second-order valence-electron chi connectivity index (χ2n) is 10.4. The number of carbonyl (C=O) groups excluding carboxylic acids is 6. The number of carbonyl (C=O) groups is 6. The van der Waals surface area contributed by atoms with Crippen LogP contribution in [-0.4, -0.2) is 86.5 Å². The molecule has 0 spiro atoms. The molecule has 1 aromatic carbocycles. The van der Waals surface area contributed by atoms with Gasteiger partial charge < -0.3 is 42.6 Å². The molecule has 15 heteroatoms. The number of methoxy groups -OCH3 is 1. The Bertz CT molecular complexity index is 1370. The van der Waals surface area contributed by atoms with E-state index in [9.17, 15) is 28.8 Å². The van der Waals surface area contributed by atoms with Gasteiger partial charge in [0, 0.05) is 39.2 Å². The SMILES string of the molecule is C/C=C1/[C@H](O[C@@H]2O[C@H](COC(C)=O)[C@@H](OC(C)=O)[C@H](OC(C)=O)[C@H]2OC(C)=O)OC=C(C(=O)OC)[C@H]1CC(=O)OCc1ccccc1. The maximum Gasteiger partial charge on any atom is 0.337 e. The number of hydrogen-bond donors (Lipinski definition) is 0. The summed E-state index contributed by atoms with van der Waals surface area (Å²) in [6, 6.07) is 9.00. The van der Waals surface area contributed by atoms with E-state index >= 15 is 0 Å². The topological polar surface area (TPSA) is 185 Å². The average Bonchev–Trinajstić information content (AvgIpc) is 3.01. The Balaban J connectivity index is 1.96. The van der Waals surface area contributed by atoms with Crippen molar-refractivity contribution in [3.05, 3.63) is 59.4 Å². The zero-order valence-electron chi connectivity index (χ0n) is 26.8. The Morgan fingerprint density at radius 2 is 1.43 bits per heavy atom. The van der Waals surface area contributed by atoms with Gasteiger partial charge in [0.2, 0.25) is 12.6 Å². The first-order valence-electron chi connectivity index (χ1n) is 14.6. The highest BCUT2D eigenvalue weighted by Crippen LogP contribution is 2.37. The van der Waals surface area contributed by atoms with E-state index in [1.165, 1.54) is 7.11 Å². The first kappa shape index (κ1) is 36.7. The number of allylic oxidation sites excluding steroid dienone is 1. The fourth-order valence-electron chi connectivity index (χ4n) is 5.01. The first-order valence-corrected chi connectivity index (χ1v) is 14.6. The van der Waals surface area contributed by atoms with Crippen LogP contribution in [0.2, 0.25) is 0 Å². The summed E-state index contributed by atoms with van der Waals surface area (Å²) < 4.78 is 49.6. The molecule has 3 rings (SSSR count). The highest BCUT2D eigenvalue weighted by atomic mass is 16.8. The molecule has 0 saturated carbocycles. The van der Waals surface area contributed by atoms with E-state index < -0.39 is 85.3 Å². The lowest BCUT2D eigenvalue weighted by Gasteiger charge is -2.45. The smallest absolute Gasteiger partial charge is 0.337 e. The lowest BCUT2D eigenvalue weighted by molar-refractivity contribution is -0.331. The van der Waals surface area contributed by atoms with Crippen LogP contribution in [0.15, 0.2) is 53.8 Å². The summed E-state index contributed by atoms with van der Waals surface area (Å²) >= 11 is 0. The molecule has 0 amide bonds. The second kappa shape index (κ2) is 17.2. The maximum absolute atomic E-state index is 13.0. The maximum atomic E-state index is 13.0. The van der Waals surface area contributed by atoms with E-state index in [1.54, 1.807) is 37.3 Å². The largest absolute Gasteiger partial charge is 0.468 e. The quantitative estimate of drug-likeness (QED) is 0.180. The standard InChI is InChI=1S/C32H38O15/c1-7-22-23(13-26(37)41-14-21-11-9-8-10-12-21)24(30(38)39-6)15-42-31(22)47-32-29(45-20(5)36)28(44-19(4)35)27(43-18(3)34)25(46-32)16-40-17(2)33/h7-12,15,23,25,27-29,31-32H,13-14,16H2,1-6H3/b22-7+/t23-,25+,27+,28-,29+,31-,32-/m0/s1. The van der Waals surface area contributed by atoms with Crippen molar-refractivity contribution in [2.45, 2.75) is 84.6 Å². The Labute approximate surface area is 271 Å². The van der Waals surface area contributed by atoms with Crippen molar-refractivity contribution in [1.29, 1.82) is 0 Å². The predicted molar refractivity (Wildman–Crippen MR) is 156 cm³/mol. The third-order valence-corrected chi connectivity index (χ3v) is 6.94. The number of benzene rings is 1. The molecule has 1 saturated heterocycles. The van der Waals surface area contributed by atoms with Crippen LogP contribution in [0, 0.1) is 5.92 Å². The third kappa shape index (κ3) is 10.4. The summed E-state index contributed by atoms with van der Waals surface area (Å²) in [5.74, 6) is -5.48. The van der Waals surface area contributed by atoms with Crippen LogP contribution in [0.1, 0.15) is 46.6 Å². The van der Waals surface area contributed by atoms with Gasteiger partial charge in [-0.25, -0.2) is 4.79 Å². The highest BCUT2D eigenvalue weighted by Gasteiger charge is 2.54. The molecule has 47 heavy (non-hydrogen) atoms. The van der Waals surface area contributed by atoms with Gasteiger partial charge in [0.05, 0.1) is 25.4 Å². The predicted octanol–water partition coefficient (Wildman–Crippen LogP) is 2.20. The summed E-state index contributed by atoms with van der Waals surface area (Å²) in [6.07, 6.45) is -6.31. The molecule has 1 aromatic rings. The minimum absolute atomic E-state index is 0.00124. The zero-order chi connectivity index (χ0) is 34.7. The van der Waals surface area contributed by atoms with Crippen molar-refractivity contribution in [3.63, 3.8) is 0 Å². The normalized spacial score (nSPS) is 26.1. The lowest BCUT2D eigenvalue weighted by Crippen LogP contribution is -2.63. The summed E-state index contributed by atoms with van der Waals surface area (Å²) in [5.41, 5.74) is 1.03. The number of esters is 6. The minimum Gasteiger partial charge on any atom is -0.468 e. The van der Waals surface area contributed by atoms with Gasteiger partial charge in [0.15, 0.2) is 18.3 Å². The zero-order valence-corrected chi connectivity index (χ0v) is 26.8. The van der Waals surface area contributed by atoms with Crippen molar-refractivity contribution in [1.82, 2.24) is 0 Å². The van der Waals surface area contributed by atoms with Gasteiger partial charge in [0.1, 0.15) is 19.3 Å². The molecule has 0 radical (unpaired) electrons. The molecule has 2 heterocycles. The monoisotopic (exact) mass is 662 g/mol. The van der Waals surface area contributed by atoms with Crippen LogP contribution >= 0.6 is 0 Å². The molecule has 0 unspecified atom stereocenters. The lowest BCUT2D eigenvalue weighted by atomic mass is 9.86. The molecule has 0 aromatic heterocycles. The Morgan fingerprint density at radius 1 is 0.809 bits per heavy atom. The molecule has 256 valence electrons. The Morgan fingerprint density at radius 3 is 2.00 bits per heavy atom. The number of rotatable bonds is 12.